The van der Waals surface area contributed by atoms with E-state index in [1.54, 1.807) is 24.3 Å². The van der Waals surface area contributed by atoms with Crippen LogP contribution in [0.2, 0.25) is 0 Å². The molecule has 1 atom stereocenters. The second-order valence-electron chi connectivity index (χ2n) is 6.04. The third-order valence-electron chi connectivity index (χ3n) is 3.86. The average Bonchev–Trinajstić information content (AvgIpc) is 2.50. The van der Waals surface area contributed by atoms with Gasteiger partial charge in [0.15, 0.2) is 0 Å². The third-order valence-corrected chi connectivity index (χ3v) is 3.86. The minimum Gasteiger partial charge on any atom is -0.352 e. The summed E-state index contributed by atoms with van der Waals surface area (Å²) in [6.07, 6.45) is 0.658. The van der Waals surface area contributed by atoms with Crippen LogP contribution in [0.1, 0.15) is 40.2 Å². The molecule has 1 amide bonds. The average molecular weight is 317 g/mol. The van der Waals surface area contributed by atoms with E-state index < -0.39 is 5.69 Å². The van der Waals surface area contributed by atoms with Gasteiger partial charge in [-0.3, -0.25) is 18.7 Å². The lowest BCUT2D eigenvalue weighted by molar-refractivity contribution is -0.122. The van der Waals surface area contributed by atoms with Crippen molar-refractivity contribution >= 4 is 16.8 Å². The highest BCUT2D eigenvalue weighted by atomic mass is 16.2. The summed E-state index contributed by atoms with van der Waals surface area (Å²) in [7, 11) is 0. The second kappa shape index (κ2) is 6.81. The molecule has 0 aliphatic carbocycles. The first-order chi connectivity index (χ1) is 10.9. The smallest absolute Gasteiger partial charge is 0.332 e. The van der Waals surface area contributed by atoms with Gasteiger partial charge >= 0.3 is 5.69 Å². The number of nitrogens with one attached hydrogen (secondary N) is 1. The number of carbonyl (C=O) groups is 1. The number of benzene rings is 1. The van der Waals surface area contributed by atoms with E-state index in [1.165, 1.54) is 9.13 Å². The molecule has 0 bridgehead atoms. The monoisotopic (exact) mass is 317 g/mol. The van der Waals surface area contributed by atoms with Crippen molar-refractivity contribution < 1.29 is 4.79 Å². The fraction of sp³-hybridized carbons (Fsp3) is 0.471. The fourth-order valence-corrected chi connectivity index (χ4v) is 2.57. The van der Waals surface area contributed by atoms with Crippen LogP contribution in [-0.2, 0) is 11.3 Å². The highest BCUT2D eigenvalue weighted by molar-refractivity contribution is 5.81. The van der Waals surface area contributed by atoms with E-state index in [0.717, 1.165) is 0 Å². The molecule has 6 heteroatoms. The maximum atomic E-state index is 12.8. The molecule has 0 aliphatic heterocycles. The summed E-state index contributed by atoms with van der Waals surface area (Å²) in [6.45, 7) is 7.36. The molecule has 0 fully saturated rings. The van der Waals surface area contributed by atoms with Crippen molar-refractivity contribution in [3.05, 3.63) is 45.1 Å². The molecule has 0 saturated heterocycles. The van der Waals surface area contributed by atoms with Gasteiger partial charge in [-0.25, -0.2) is 4.79 Å². The van der Waals surface area contributed by atoms with E-state index in [9.17, 15) is 14.4 Å². The van der Waals surface area contributed by atoms with Crippen molar-refractivity contribution in [3.8, 4) is 0 Å². The van der Waals surface area contributed by atoms with Gasteiger partial charge < -0.3 is 5.32 Å². The molecule has 1 heterocycles. The summed E-state index contributed by atoms with van der Waals surface area (Å²) < 4.78 is 2.62. The number of fused-ring (bicyclic) bond motifs is 1. The SMILES string of the molecule is CC[C@H](C)n1c(=O)c2ccccc2n(CC(=O)NC(C)C)c1=O. The second-order valence-corrected chi connectivity index (χ2v) is 6.04. The Balaban J connectivity index is 2.69. The molecule has 124 valence electrons. The first-order valence-electron chi connectivity index (χ1n) is 7.90. The minimum atomic E-state index is -0.443. The topological polar surface area (TPSA) is 73.1 Å². The highest BCUT2D eigenvalue weighted by Crippen LogP contribution is 2.11. The van der Waals surface area contributed by atoms with Gasteiger partial charge in [0, 0.05) is 12.1 Å². The van der Waals surface area contributed by atoms with Gasteiger partial charge in [-0.05, 0) is 39.3 Å². The summed E-state index contributed by atoms with van der Waals surface area (Å²) >= 11 is 0. The number of hydrogen-bond donors (Lipinski definition) is 1. The Morgan fingerprint density at radius 2 is 1.83 bits per heavy atom. The van der Waals surface area contributed by atoms with Crippen LogP contribution in [-0.4, -0.2) is 21.1 Å². The molecule has 6 nitrogen and oxygen atoms in total. The quantitative estimate of drug-likeness (QED) is 0.911. The molecule has 23 heavy (non-hydrogen) atoms. The largest absolute Gasteiger partial charge is 0.352 e. The number of rotatable bonds is 5. The molecule has 2 rings (SSSR count). The Bertz CT molecular complexity index is 833. The standard InChI is InChI=1S/C17H23N3O3/c1-5-12(4)20-16(22)13-8-6-7-9-14(13)19(17(20)23)10-15(21)18-11(2)3/h6-9,11-12H,5,10H2,1-4H3,(H,18,21)/t12-/m0/s1. The number of nitrogens with zero attached hydrogens (tertiary/aromatic N) is 2. The van der Waals surface area contributed by atoms with Crippen molar-refractivity contribution in [1.29, 1.82) is 0 Å². The zero-order chi connectivity index (χ0) is 17.1. The molecule has 0 aliphatic rings. The van der Waals surface area contributed by atoms with Crippen LogP contribution in [0.5, 0.6) is 0 Å². The van der Waals surface area contributed by atoms with Gasteiger partial charge in [-0.15, -0.1) is 0 Å². The molecule has 1 aromatic heterocycles. The van der Waals surface area contributed by atoms with Crippen molar-refractivity contribution in [2.24, 2.45) is 0 Å². The molecule has 0 unspecified atom stereocenters. The van der Waals surface area contributed by atoms with Crippen molar-refractivity contribution in [3.63, 3.8) is 0 Å². The highest BCUT2D eigenvalue weighted by Gasteiger charge is 2.17. The van der Waals surface area contributed by atoms with E-state index in [0.29, 0.717) is 17.3 Å². The summed E-state index contributed by atoms with van der Waals surface area (Å²) in [5.41, 5.74) is -0.261. The fourth-order valence-electron chi connectivity index (χ4n) is 2.57. The van der Waals surface area contributed by atoms with Gasteiger partial charge in [0.05, 0.1) is 10.9 Å². The molecule has 0 saturated carbocycles. The van der Waals surface area contributed by atoms with Crippen molar-refractivity contribution in [2.75, 3.05) is 0 Å². The molecule has 2 aromatic rings. The summed E-state index contributed by atoms with van der Waals surface area (Å²) in [5, 5.41) is 3.22. The van der Waals surface area contributed by atoms with E-state index in [-0.39, 0.29) is 30.1 Å². The predicted molar refractivity (Wildman–Crippen MR) is 90.7 cm³/mol. The van der Waals surface area contributed by atoms with Crippen LogP contribution < -0.4 is 16.6 Å². The lowest BCUT2D eigenvalue weighted by atomic mass is 10.2. The number of para-hydroxylation sites is 1. The number of aromatic nitrogens is 2. The molecule has 1 N–H and O–H groups in total. The van der Waals surface area contributed by atoms with Crippen LogP contribution in [0, 0.1) is 0 Å². The van der Waals surface area contributed by atoms with Gasteiger partial charge in [0.2, 0.25) is 5.91 Å². The molecule has 1 aromatic carbocycles. The van der Waals surface area contributed by atoms with E-state index >= 15 is 0 Å². The van der Waals surface area contributed by atoms with Gasteiger partial charge in [0.25, 0.3) is 5.56 Å². The van der Waals surface area contributed by atoms with E-state index in [2.05, 4.69) is 5.32 Å². The molecule has 0 radical (unpaired) electrons. The predicted octanol–water partition coefficient (Wildman–Crippen LogP) is 1.66. The third kappa shape index (κ3) is 3.36. The Labute approximate surface area is 134 Å². The normalized spacial score (nSPS) is 12.6. The van der Waals surface area contributed by atoms with Crippen LogP contribution in [0.3, 0.4) is 0 Å². The zero-order valence-corrected chi connectivity index (χ0v) is 14.0. The van der Waals surface area contributed by atoms with Crippen LogP contribution in [0.15, 0.2) is 33.9 Å². The first-order valence-corrected chi connectivity index (χ1v) is 7.90. The van der Waals surface area contributed by atoms with Crippen LogP contribution in [0.25, 0.3) is 10.9 Å². The summed E-state index contributed by atoms with van der Waals surface area (Å²) in [6, 6.07) is 6.66. The maximum absolute atomic E-state index is 12.8. The van der Waals surface area contributed by atoms with Crippen LogP contribution >= 0.6 is 0 Å². The van der Waals surface area contributed by atoms with Gasteiger partial charge in [0.1, 0.15) is 6.54 Å². The number of carbonyl (C=O) groups excluding carboxylic acids is 1. The lowest BCUT2D eigenvalue weighted by Gasteiger charge is -2.18. The first kappa shape index (κ1) is 17.0. The maximum Gasteiger partial charge on any atom is 0.332 e. The number of amides is 1. The summed E-state index contributed by atoms with van der Waals surface area (Å²) in [4.78, 5) is 37.5. The van der Waals surface area contributed by atoms with Crippen molar-refractivity contribution in [2.45, 2.75) is 52.7 Å². The Morgan fingerprint density at radius 1 is 1.17 bits per heavy atom. The van der Waals surface area contributed by atoms with E-state index in [1.807, 2.05) is 27.7 Å². The Morgan fingerprint density at radius 3 is 2.43 bits per heavy atom. The van der Waals surface area contributed by atoms with Gasteiger partial charge in [-0.2, -0.15) is 0 Å². The summed E-state index contributed by atoms with van der Waals surface area (Å²) in [5.74, 6) is -0.249. The van der Waals surface area contributed by atoms with E-state index in [4.69, 9.17) is 0 Å². The molecular weight excluding hydrogens is 294 g/mol. The molecule has 0 spiro atoms. The molecular formula is C17H23N3O3. The number of hydrogen-bond acceptors (Lipinski definition) is 3. The Kier molecular flexibility index (Phi) is 5.03. The van der Waals surface area contributed by atoms with Crippen LogP contribution in [0.4, 0.5) is 0 Å². The minimum absolute atomic E-state index is 0.00932. The Hall–Kier alpha value is -2.37. The zero-order valence-electron chi connectivity index (χ0n) is 14.0. The lowest BCUT2D eigenvalue weighted by Crippen LogP contribution is -2.44. The van der Waals surface area contributed by atoms with Crippen molar-refractivity contribution in [1.82, 2.24) is 14.5 Å². The van der Waals surface area contributed by atoms with Gasteiger partial charge in [-0.1, -0.05) is 19.1 Å².